The molecule has 0 aromatic heterocycles. The number of nitriles is 1. The summed E-state index contributed by atoms with van der Waals surface area (Å²) in [5.41, 5.74) is 0.187. The average molecular weight is 373 g/mol. The van der Waals surface area contributed by atoms with Crippen molar-refractivity contribution >= 4 is 50.7 Å². The Balaban J connectivity index is 2.64. The summed E-state index contributed by atoms with van der Waals surface area (Å²) < 4.78 is 24.9. The van der Waals surface area contributed by atoms with Crippen LogP contribution in [0, 0.1) is 11.3 Å². The Morgan fingerprint density at radius 2 is 1.59 bits per heavy atom. The lowest BCUT2D eigenvalue weighted by Crippen LogP contribution is -2.03. The summed E-state index contributed by atoms with van der Waals surface area (Å²) in [7, 11) is -3.96. The van der Waals surface area contributed by atoms with E-state index in [4.69, 9.17) is 34.8 Å². The molecule has 0 bridgehead atoms. The van der Waals surface area contributed by atoms with Crippen LogP contribution in [-0.2, 0) is 9.84 Å². The summed E-state index contributed by atoms with van der Waals surface area (Å²) in [6, 6.07) is 12.3. The number of hydrogen-bond donors (Lipinski definition) is 0. The molecule has 0 heterocycles. The zero-order valence-electron chi connectivity index (χ0n) is 10.9. The maximum atomic E-state index is 12.5. The number of halogens is 3. The summed E-state index contributed by atoms with van der Waals surface area (Å²) in [5.74, 6) is 0. The van der Waals surface area contributed by atoms with Crippen LogP contribution in [0.25, 0.3) is 6.08 Å². The summed E-state index contributed by atoms with van der Waals surface area (Å²) >= 11 is 17.9. The predicted molar refractivity (Wildman–Crippen MR) is 88.7 cm³/mol. The highest BCUT2D eigenvalue weighted by molar-refractivity contribution is 7.95. The molecular weight excluding hydrogens is 365 g/mol. The van der Waals surface area contributed by atoms with E-state index in [0.29, 0.717) is 0 Å². The van der Waals surface area contributed by atoms with Crippen LogP contribution in [0.3, 0.4) is 0 Å². The molecule has 0 aliphatic rings. The summed E-state index contributed by atoms with van der Waals surface area (Å²) in [6.45, 7) is 0. The van der Waals surface area contributed by atoms with Crippen LogP contribution in [0.2, 0.25) is 15.1 Å². The molecule has 0 fully saturated rings. The van der Waals surface area contributed by atoms with E-state index >= 15 is 0 Å². The minimum Gasteiger partial charge on any atom is -0.218 e. The Morgan fingerprint density at radius 1 is 1.00 bits per heavy atom. The van der Waals surface area contributed by atoms with Crippen LogP contribution in [0.15, 0.2) is 52.3 Å². The molecule has 0 aliphatic heterocycles. The maximum Gasteiger partial charge on any atom is 0.216 e. The first-order valence-corrected chi connectivity index (χ1v) is 8.55. The van der Waals surface area contributed by atoms with Gasteiger partial charge in [0, 0.05) is 10.6 Å². The normalized spacial score (nSPS) is 12.0. The van der Waals surface area contributed by atoms with Crippen molar-refractivity contribution in [1.82, 2.24) is 0 Å². The number of rotatable bonds is 3. The molecule has 0 aliphatic carbocycles. The van der Waals surface area contributed by atoms with Gasteiger partial charge in [0.2, 0.25) is 9.84 Å². The Labute approximate surface area is 143 Å². The fourth-order valence-electron chi connectivity index (χ4n) is 1.70. The fraction of sp³-hybridized carbons (Fsp3) is 0. The van der Waals surface area contributed by atoms with Crippen LogP contribution in [-0.4, -0.2) is 8.42 Å². The van der Waals surface area contributed by atoms with Gasteiger partial charge in [-0.3, -0.25) is 0 Å². The molecule has 0 saturated heterocycles. The first-order chi connectivity index (χ1) is 10.4. The van der Waals surface area contributed by atoms with Crippen molar-refractivity contribution in [3.05, 3.63) is 68.0 Å². The minimum absolute atomic E-state index is 0.0112. The molecule has 2 aromatic carbocycles. The Hall–Kier alpha value is -1.51. The monoisotopic (exact) mass is 371 g/mol. The second-order valence-corrected chi connectivity index (χ2v) is 7.30. The molecule has 7 heteroatoms. The molecule has 0 atom stereocenters. The quantitative estimate of drug-likeness (QED) is 0.563. The lowest BCUT2D eigenvalue weighted by atomic mass is 10.2. The molecule has 2 rings (SSSR count). The number of nitrogens with zero attached hydrogens (tertiary/aromatic N) is 1. The average Bonchev–Trinajstić information content (AvgIpc) is 2.52. The zero-order chi connectivity index (χ0) is 16.3. The summed E-state index contributed by atoms with van der Waals surface area (Å²) in [5, 5.41) is 9.72. The van der Waals surface area contributed by atoms with Crippen LogP contribution in [0.5, 0.6) is 0 Å². The van der Waals surface area contributed by atoms with Gasteiger partial charge >= 0.3 is 0 Å². The second kappa shape index (κ2) is 6.72. The van der Waals surface area contributed by atoms with Crippen LogP contribution >= 0.6 is 34.8 Å². The van der Waals surface area contributed by atoms with E-state index in [1.807, 2.05) is 0 Å². The van der Waals surface area contributed by atoms with Gasteiger partial charge in [0.05, 0.1) is 14.9 Å². The van der Waals surface area contributed by atoms with Gasteiger partial charge in [-0.15, -0.1) is 0 Å². The van der Waals surface area contributed by atoms with Crippen molar-refractivity contribution < 1.29 is 8.42 Å². The predicted octanol–water partition coefficient (Wildman–Crippen LogP) is 4.99. The standard InChI is InChI=1S/C15H8Cl3NO2S/c16-13-6-7-14(17)15(18)12(13)8-11(9-19)22(20,21)10-4-2-1-3-5-10/h1-8H. The van der Waals surface area contributed by atoms with E-state index in [2.05, 4.69) is 0 Å². The molecular formula is C15H8Cl3NO2S. The maximum absolute atomic E-state index is 12.5. The van der Waals surface area contributed by atoms with Gasteiger partial charge in [-0.1, -0.05) is 53.0 Å². The minimum atomic E-state index is -3.96. The Bertz CT molecular complexity index is 885. The van der Waals surface area contributed by atoms with Crippen molar-refractivity contribution in [2.75, 3.05) is 0 Å². The fourth-order valence-corrected chi connectivity index (χ4v) is 3.51. The van der Waals surface area contributed by atoms with E-state index in [-0.39, 0.29) is 25.5 Å². The van der Waals surface area contributed by atoms with E-state index in [9.17, 15) is 13.7 Å². The summed E-state index contributed by atoms with van der Waals surface area (Å²) in [6.07, 6.45) is 1.12. The molecule has 0 radical (unpaired) electrons. The Kier molecular flexibility index (Phi) is 5.15. The molecule has 0 amide bonds. The highest BCUT2D eigenvalue weighted by Crippen LogP contribution is 2.34. The van der Waals surface area contributed by atoms with Gasteiger partial charge in [0.15, 0.2) is 0 Å². The molecule has 0 spiro atoms. The zero-order valence-corrected chi connectivity index (χ0v) is 14.0. The number of benzene rings is 2. The first kappa shape index (κ1) is 16.9. The van der Waals surface area contributed by atoms with Crippen molar-refractivity contribution in [2.45, 2.75) is 4.90 Å². The SMILES string of the molecule is N#CC(=Cc1c(Cl)ccc(Cl)c1Cl)S(=O)(=O)c1ccccc1. The first-order valence-electron chi connectivity index (χ1n) is 5.93. The lowest BCUT2D eigenvalue weighted by Gasteiger charge is -2.06. The smallest absolute Gasteiger partial charge is 0.216 e. The molecule has 0 unspecified atom stereocenters. The third-order valence-corrected chi connectivity index (χ3v) is 5.64. The molecule has 22 heavy (non-hydrogen) atoms. The molecule has 2 aromatic rings. The lowest BCUT2D eigenvalue weighted by molar-refractivity contribution is 0.603. The van der Waals surface area contributed by atoms with Gasteiger partial charge in [-0.05, 0) is 30.3 Å². The van der Waals surface area contributed by atoms with Crippen LogP contribution < -0.4 is 0 Å². The number of sulfone groups is 1. The van der Waals surface area contributed by atoms with Crippen molar-refractivity contribution in [3.63, 3.8) is 0 Å². The largest absolute Gasteiger partial charge is 0.218 e. The number of hydrogen-bond acceptors (Lipinski definition) is 3. The second-order valence-electron chi connectivity index (χ2n) is 4.19. The molecule has 0 saturated carbocycles. The van der Waals surface area contributed by atoms with Gasteiger partial charge < -0.3 is 0 Å². The Morgan fingerprint density at radius 3 is 2.18 bits per heavy atom. The van der Waals surface area contributed by atoms with Gasteiger partial charge in [0.25, 0.3) is 0 Å². The number of allylic oxidation sites excluding steroid dienone is 1. The van der Waals surface area contributed by atoms with Gasteiger partial charge in [-0.25, -0.2) is 8.42 Å². The third-order valence-electron chi connectivity index (χ3n) is 2.81. The van der Waals surface area contributed by atoms with E-state index in [0.717, 1.165) is 6.08 Å². The molecule has 112 valence electrons. The van der Waals surface area contributed by atoms with Crippen LogP contribution in [0.4, 0.5) is 0 Å². The van der Waals surface area contributed by atoms with Crippen molar-refractivity contribution in [1.29, 1.82) is 5.26 Å². The van der Waals surface area contributed by atoms with Crippen LogP contribution in [0.1, 0.15) is 5.56 Å². The summed E-state index contributed by atoms with van der Waals surface area (Å²) in [4.78, 5) is -0.457. The van der Waals surface area contributed by atoms with E-state index in [1.54, 1.807) is 24.3 Å². The topological polar surface area (TPSA) is 57.9 Å². The highest BCUT2D eigenvalue weighted by Gasteiger charge is 2.21. The molecule has 0 N–H and O–H groups in total. The van der Waals surface area contributed by atoms with E-state index in [1.165, 1.54) is 24.3 Å². The van der Waals surface area contributed by atoms with Gasteiger partial charge in [0.1, 0.15) is 11.0 Å². The van der Waals surface area contributed by atoms with Crippen molar-refractivity contribution in [3.8, 4) is 6.07 Å². The van der Waals surface area contributed by atoms with Crippen molar-refractivity contribution in [2.24, 2.45) is 0 Å². The highest BCUT2D eigenvalue weighted by atomic mass is 35.5. The molecule has 3 nitrogen and oxygen atoms in total. The van der Waals surface area contributed by atoms with E-state index < -0.39 is 14.7 Å². The third kappa shape index (κ3) is 3.29. The van der Waals surface area contributed by atoms with Gasteiger partial charge in [-0.2, -0.15) is 5.26 Å².